The van der Waals surface area contributed by atoms with E-state index in [9.17, 15) is 89.7 Å². The molecule has 560 valence electrons. The number of imidazole rings is 1. The van der Waals surface area contributed by atoms with Crippen LogP contribution in [0.5, 0.6) is 0 Å². The minimum Gasteiger partial charge on any atom is -0.441 e. The molecule has 4 aromatic rings. The number of anilines is 1. The molecular weight excluding hydrogens is 1390 g/mol. The predicted molar refractivity (Wildman–Crippen MR) is 341 cm³/mol. The van der Waals surface area contributed by atoms with Gasteiger partial charge >= 0.3 is 6.09 Å². The van der Waals surface area contributed by atoms with E-state index < -0.39 is 232 Å². The third kappa shape index (κ3) is 20.0. The SMILES string of the molecule is CC(=O)c1csc(-c2csc(C(O)C(NC(=O)C(CC(=O)CC(O)C(C)NC(=O)C(NC(=O)c3nc(C(CCC(N)C(N)=O)CC(N)=O)nc(N)c3C)C(OC3OC(CO)C(O)C(O)C3OC3OC(CO)C(O)C(OC(N)=O)C3O)c3cnc[nH]3)C(C)O)OC3OC(C)C(N)C(O)C3O)n2)n1. The molecule has 4 aromatic heterocycles. The molecule has 25 unspecified atom stereocenters. The number of carbonyl (C=O) groups is 8. The highest BCUT2D eigenvalue weighted by atomic mass is 32.1. The molecular formula is C58H85N15O26S2. The van der Waals surface area contributed by atoms with Gasteiger partial charge in [-0.25, -0.2) is 29.7 Å². The lowest BCUT2D eigenvalue weighted by molar-refractivity contribution is -0.372. The smallest absolute Gasteiger partial charge is 0.404 e. The van der Waals surface area contributed by atoms with Crippen molar-refractivity contribution in [3.05, 3.63) is 56.8 Å². The number of carbonyl (C=O) groups excluding carboxylic acids is 8. The van der Waals surface area contributed by atoms with Crippen molar-refractivity contribution in [1.29, 1.82) is 0 Å². The van der Waals surface area contributed by atoms with Crippen molar-refractivity contribution >= 4 is 75.7 Å². The number of nitrogens with one attached hydrogen (secondary N) is 4. The fourth-order valence-corrected chi connectivity index (χ4v) is 12.6. The minimum absolute atomic E-state index is 0.115. The van der Waals surface area contributed by atoms with Crippen LogP contribution in [0.2, 0.25) is 0 Å². The van der Waals surface area contributed by atoms with Crippen LogP contribution in [0, 0.1) is 12.8 Å². The van der Waals surface area contributed by atoms with Gasteiger partial charge in [-0.3, -0.25) is 33.6 Å². The highest BCUT2D eigenvalue weighted by Crippen LogP contribution is 2.36. The Balaban J connectivity index is 1.19. The monoisotopic (exact) mass is 1470 g/mol. The summed E-state index contributed by atoms with van der Waals surface area (Å²) in [6.07, 6.45) is -37.9. The fourth-order valence-electron chi connectivity index (χ4n) is 10.9. The topological polar surface area (TPSA) is 696 Å². The Hall–Kier alpha value is -7.45. The van der Waals surface area contributed by atoms with Crippen LogP contribution >= 0.6 is 22.7 Å². The molecule has 0 spiro atoms. The van der Waals surface area contributed by atoms with Crippen molar-refractivity contribution in [2.45, 2.75) is 213 Å². The number of thiazole rings is 2. The first kappa shape index (κ1) is 80.9. The summed E-state index contributed by atoms with van der Waals surface area (Å²) in [5.41, 5.74) is 33.8. The number of hydrogen-bond acceptors (Lipinski definition) is 36. The van der Waals surface area contributed by atoms with Gasteiger partial charge in [0.25, 0.3) is 5.91 Å². The van der Waals surface area contributed by atoms with E-state index in [4.69, 9.17) is 67.6 Å². The van der Waals surface area contributed by atoms with Crippen LogP contribution in [0.25, 0.3) is 10.7 Å². The van der Waals surface area contributed by atoms with E-state index in [1.807, 2.05) is 0 Å². The van der Waals surface area contributed by atoms with Gasteiger partial charge in [0.1, 0.15) is 112 Å². The number of aliphatic hydroxyl groups is 11. The van der Waals surface area contributed by atoms with Crippen LogP contribution in [0.4, 0.5) is 10.6 Å². The van der Waals surface area contributed by atoms with Gasteiger partial charge in [-0.1, -0.05) is 0 Å². The van der Waals surface area contributed by atoms with Crippen LogP contribution < -0.4 is 50.4 Å². The molecule has 0 bridgehead atoms. The van der Waals surface area contributed by atoms with Gasteiger partial charge in [0.15, 0.2) is 43.1 Å². The number of rotatable bonds is 34. The van der Waals surface area contributed by atoms with E-state index >= 15 is 4.79 Å². The van der Waals surface area contributed by atoms with Crippen molar-refractivity contribution in [3.63, 3.8) is 0 Å². The number of aromatic nitrogens is 6. The number of nitrogen functional groups attached to an aromatic ring is 1. The Kier molecular flexibility index (Phi) is 28.5. The number of nitrogens with two attached hydrogens (primary N) is 6. The minimum atomic E-state index is -2.23. The second-order valence-electron chi connectivity index (χ2n) is 24.4. The number of aliphatic hydroxyl groups excluding tert-OH is 11. The molecule has 7 rings (SSSR count). The maximum Gasteiger partial charge on any atom is 0.404 e. The van der Waals surface area contributed by atoms with Crippen LogP contribution in [-0.4, -0.2) is 275 Å². The van der Waals surface area contributed by atoms with Crippen molar-refractivity contribution in [3.8, 4) is 10.7 Å². The van der Waals surface area contributed by atoms with Crippen molar-refractivity contribution in [2.75, 3.05) is 18.9 Å². The number of ketones is 2. The zero-order chi connectivity index (χ0) is 74.8. The number of hydrogen-bond donors (Lipinski definition) is 21. The zero-order valence-corrected chi connectivity index (χ0v) is 56.4. The van der Waals surface area contributed by atoms with E-state index in [0.717, 1.165) is 42.1 Å². The average Bonchev–Trinajstić information content (AvgIpc) is 0.921. The molecule has 41 nitrogen and oxygen atoms in total. The average molecular weight is 1470 g/mol. The van der Waals surface area contributed by atoms with Crippen LogP contribution in [0.15, 0.2) is 23.3 Å². The second kappa shape index (κ2) is 35.6. The predicted octanol–water partition coefficient (Wildman–Crippen LogP) is -7.79. The highest BCUT2D eigenvalue weighted by molar-refractivity contribution is 7.14. The van der Waals surface area contributed by atoms with Crippen LogP contribution in [0.3, 0.4) is 0 Å². The molecule has 7 heterocycles. The lowest BCUT2D eigenvalue weighted by Gasteiger charge is -2.47. The number of nitrogens with zero attached hydrogens (tertiary/aromatic N) is 5. The Bertz CT molecular complexity index is 3510. The summed E-state index contributed by atoms with van der Waals surface area (Å²) in [5, 5.41) is 132. The number of aromatic amines is 1. The van der Waals surface area contributed by atoms with E-state index in [1.165, 1.54) is 38.5 Å². The quantitative estimate of drug-likeness (QED) is 0.0153. The van der Waals surface area contributed by atoms with E-state index in [-0.39, 0.29) is 62.9 Å². The summed E-state index contributed by atoms with van der Waals surface area (Å²) >= 11 is 1.94. The maximum absolute atomic E-state index is 15.2. The van der Waals surface area contributed by atoms with Gasteiger partial charge in [0.05, 0.1) is 73.8 Å². The third-order valence-electron chi connectivity index (χ3n) is 17.0. The fraction of sp³-hybridized carbons (Fsp3) is 0.638. The molecule has 0 aromatic carbocycles. The number of Topliss-reactive ketones (excluding diaryl/α,β-unsaturated/α-hetero) is 2. The molecule has 6 amide bonds. The molecule has 0 saturated carbocycles. The summed E-state index contributed by atoms with van der Waals surface area (Å²) < 4.78 is 40.3. The molecule has 3 saturated heterocycles. The Labute approximate surface area is 581 Å². The normalized spacial score (nSPS) is 28.4. The van der Waals surface area contributed by atoms with Crippen LogP contribution in [0.1, 0.15) is 121 Å². The molecule has 3 aliphatic heterocycles. The molecule has 101 heavy (non-hydrogen) atoms. The summed E-state index contributed by atoms with van der Waals surface area (Å²) in [5.74, 6) is -10.2. The van der Waals surface area contributed by atoms with Gasteiger partial charge in [0, 0.05) is 48.4 Å². The van der Waals surface area contributed by atoms with Crippen molar-refractivity contribution < 1.29 is 128 Å². The zero-order valence-electron chi connectivity index (χ0n) is 54.8. The number of primary amides is 3. The first-order chi connectivity index (χ1) is 47.5. The number of H-pyrrole nitrogens is 1. The molecule has 0 aliphatic carbocycles. The van der Waals surface area contributed by atoms with Gasteiger partial charge in [-0.05, 0) is 40.5 Å². The molecule has 0 radical (unpaired) electrons. The molecule has 43 heteroatoms. The van der Waals surface area contributed by atoms with Crippen molar-refractivity contribution in [1.82, 2.24) is 45.9 Å². The first-order valence-corrected chi connectivity index (χ1v) is 33.1. The molecule has 25 atom stereocenters. The summed E-state index contributed by atoms with van der Waals surface area (Å²) in [6, 6.07) is -6.11. The lowest BCUT2D eigenvalue weighted by Crippen LogP contribution is -2.65. The Morgan fingerprint density at radius 3 is 2.02 bits per heavy atom. The largest absolute Gasteiger partial charge is 0.441 e. The molecule has 3 fully saturated rings. The summed E-state index contributed by atoms with van der Waals surface area (Å²) in [7, 11) is 0. The van der Waals surface area contributed by atoms with Gasteiger partial charge in [-0.15, -0.1) is 22.7 Å². The second-order valence-corrected chi connectivity index (χ2v) is 26.2. The Morgan fingerprint density at radius 2 is 1.42 bits per heavy atom. The summed E-state index contributed by atoms with van der Waals surface area (Å²) in [4.78, 5) is 131. The molecule has 3 aliphatic rings. The lowest BCUT2D eigenvalue weighted by atomic mass is 9.92. The van der Waals surface area contributed by atoms with E-state index in [2.05, 4.69) is 45.9 Å². The standard InChI is InChI=1S/C58H85N15O26S2/c1-17-34(70-48(72-46(17)62)22(8-32(60)80)6-7-25(59)47(63)88)50(90)71-35(43(26-11-65-16-66-26)96-57-45(39(84)36(81)30(12-74)95-57)97-56-41(86)44(98-58(64)92)37(82)31(13-75)94-56)51(91)67-18(2)29(79)10-23(78)9-24(19(3)76)49(89)73-52(99-55-40(85)38(83)33(61)21(5)93-55)42(87)54-69-28(15-101-54)53-68-27(14-100-53)20(4)77/h11,14-16,18-19,21-22,24-25,29-31,33,35-45,52,55-57,74-76,79,81-87H,6-10,12-13,59,61H2,1-5H3,(H2,60,80)(H2,63,88)(H2,64,92)(H,65,66)(H,67,91)(H,71,90)(H,73,89)(H2,62,70,72). The highest BCUT2D eigenvalue weighted by Gasteiger charge is 2.54. The van der Waals surface area contributed by atoms with Crippen molar-refractivity contribution in [2.24, 2.45) is 34.6 Å². The van der Waals surface area contributed by atoms with E-state index in [0.29, 0.717) is 0 Å². The van der Waals surface area contributed by atoms with Gasteiger partial charge in [-0.2, -0.15) is 0 Å². The van der Waals surface area contributed by atoms with Gasteiger partial charge < -0.3 is 145 Å². The van der Waals surface area contributed by atoms with Gasteiger partial charge in [0.2, 0.25) is 23.6 Å². The third-order valence-corrected chi connectivity index (χ3v) is 18.7. The number of amides is 6. The van der Waals surface area contributed by atoms with Crippen LogP contribution in [-0.2, 0) is 57.1 Å². The molecule has 27 N–H and O–H groups in total. The number of ether oxygens (including phenoxy) is 7. The summed E-state index contributed by atoms with van der Waals surface area (Å²) in [6.45, 7) is 4.34. The first-order valence-electron chi connectivity index (χ1n) is 31.4. The van der Waals surface area contributed by atoms with E-state index in [1.54, 1.807) is 0 Å². The Morgan fingerprint density at radius 1 is 0.743 bits per heavy atom. The maximum atomic E-state index is 15.2.